The second-order valence-corrected chi connectivity index (χ2v) is 7.85. The van der Waals surface area contributed by atoms with Crippen LogP contribution in [0.5, 0.6) is 5.75 Å². The monoisotopic (exact) mass is 465 g/mol. The van der Waals surface area contributed by atoms with Crippen LogP contribution in [0.3, 0.4) is 0 Å². The molecule has 0 spiro atoms. The molecule has 27 heavy (non-hydrogen) atoms. The standard InChI is InChI=1S/C19H17BrClN3O2S/c1-3-24-18(12-4-7-14(21)8-5-12)22-23-19(24)27-11-16(25)13-6-9-17(26-2)15(20)10-13/h4-10H,3,11H2,1-2H3. The lowest BCUT2D eigenvalue weighted by molar-refractivity contribution is 0.102. The lowest BCUT2D eigenvalue weighted by atomic mass is 10.1. The van der Waals surface area contributed by atoms with E-state index < -0.39 is 0 Å². The number of halogens is 2. The Hall–Kier alpha value is -1.83. The molecule has 0 amide bonds. The average molecular weight is 467 g/mol. The summed E-state index contributed by atoms with van der Waals surface area (Å²) in [5.41, 5.74) is 1.56. The van der Waals surface area contributed by atoms with Gasteiger partial charge in [-0.15, -0.1) is 10.2 Å². The van der Waals surface area contributed by atoms with E-state index in [1.807, 2.05) is 35.8 Å². The van der Waals surface area contributed by atoms with Gasteiger partial charge >= 0.3 is 0 Å². The fourth-order valence-corrected chi connectivity index (χ4v) is 4.11. The Balaban J connectivity index is 1.75. The molecule has 0 fully saturated rings. The van der Waals surface area contributed by atoms with Crippen molar-refractivity contribution in [3.8, 4) is 17.1 Å². The quantitative estimate of drug-likeness (QED) is 0.346. The van der Waals surface area contributed by atoms with E-state index in [0.717, 1.165) is 15.9 Å². The molecule has 2 aromatic carbocycles. The van der Waals surface area contributed by atoms with E-state index in [4.69, 9.17) is 16.3 Å². The highest BCUT2D eigenvalue weighted by Gasteiger charge is 2.16. The highest BCUT2D eigenvalue weighted by atomic mass is 79.9. The summed E-state index contributed by atoms with van der Waals surface area (Å²) in [6.07, 6.45) is 0. The van der Waals surface area contributed by atoms with Crippen molar-refractivity contribution in [1.29, 1.82) is 0 Å². The van der Waals surface area contributed by atoms with E-state index >= 15 is 0 Å². The van der Waals surface area contributed by atoms with Crippen LogP contribution in [0.15, 0.2) is 52.1 Å². The van der Waals surface area contributed by atoms with Crippen molar-refractivity contribution in [1.82, 2.24) is 14.8 Å². The zero-order valence-electron chi connectivity index (χ0n) is 14.8. The van der Waals surface area contributed by atoms with E-state index in [2.05, 4.69) is 26.1 Å². The molecule has 0 atom stereocenters. The molecule has 0 aliphatic carbocycles. The largest absolute Gasteiger partial charge is 0.496 e. The number of nitrogens with zero attached hydrogens (tertiary/aromatic N) is 3. The summed E-state index contributed by atoms with van der Waals surface area (Å²) in [6.45, 7) is 2.73. The molecule has 0 aliphatic heterocycles. The van der Waals surface area contributed by atoms with Gasteiger partial charge in [-0.25, -0.2) is 0 Å². The second-order valence-electron chi connectivity index (χ2n) is 5.62. The van der Waals surface area contributed by atoms with Gasteiger partial charge in [0, 0.05) is 22.7 Å². The Morgan fingerprint density at radius 3 is 2.59 bits per heavy atom. The van der Waals surface area contributed by atoms with Crippen LogP contribution >= 0.6 is 39.3 Å². The third kappa shape index (κ3) is 4.54. The fraction of sp³-hybridized carbons (Fsp3) is 0.211. The third-order valence-corrected chi connectivity index (χ3v) is 5.78. The first-order valence-corrected chi connectivity index (χ1v) is 10.4. The highest BCUT2D eigenvalue weighted by Crippen LogP contribution is 2.28. The Kier molecular flexibility index (Phi) is 6.57. The summed E-state index contributed by atoms with van der Waals surface area (Å²) in [4.78, 5) is 12.5. The summed E-state index contributed by atoms with van der Waals surface area (Å²) in [6, 6.07) is 12.8. The molecule has 0 aliphatic rings. The van der Waals surface area contributed by atoms with Gasteiger partial charge in [0.15, 0.2) is 16.8 Å². The number of carbonyl (C=O) groups is 1. The Morgan fingerprint density at radius 1 is 1.22 bits per heavy atom. The average Bonchev–Trinajstić information content (AvgIpc) is 3.09. The minimum atomic E-state index is 0.0158. The third-order valence-electron chi connectivity index (χ3n) is 3.94. The molecule has 0 N–H and O–H groups in total. The number of carbonyl (C=O) groups excluding carboxylic acids is 1. The maximum atomic E-state index is 12.5. The number of hydrogen-bond acceptors (Lipinski definition) is 5. The molecule has 1 heterocycles. The van der Waals surface area contributed by atoms with Crippen molar-refractivity contribution < 1.29 is 9.53 Å². The number of aromatic nitrogens is 3. The van der Waals surface area contributed by atoms with Crippen LogP contribution < -0.4 is 4.74 Å². The fourth-order valence-electron chi connectivity index (χ4n) is 2.55. The van der Waals surface area contributed by atoms with Crippen LogP contribution in [-0.4, -0.2) is 33.4 Å². The predicted octanol–water partition coefficient (Wildman–Crippen LogP) is 5.36. The molecule has 0 saturated heterocycles. The van der Waals surface area contributed by atoms with E-state index in [1.165, 1.54) is 11.8 Å². The summed E-state index contributed by atoms with van der Waals surface area (Å²) >= 11 is 10.7. The number of ketones is 1. The first-order chi connectivity index (χ1) is 13.0. The highest BCUT2D eigenvalue weighted by molar-refractivity contribution is 9.10. The normalized spacial score (nSPS) is 10.8. The topological polar surface area (TPSA) is 57.0 Å². The van der Waals surface area contributed by atoms with E-state index in [-0.39, 0.29) is 11.5 Å². The first-order valence-electron chi connectivity index (χ1n) is 8.22. The van der Waals surface area contributed by atoms with Crippen molar-refractivity contribution in [2.24, 2.45) is 0 Å². The summed E-state index contributed by atoms with van der Waals surface area (Å²) in [5, 5.41) is 9.93. The van der Waals surface area contributed by atoms with Crippen molar-refractivity contribution in [2.75, 3.05) is 12.9 Å². The van der Waals surface area contributed by atoms with Crippen LogP contribution in [-0.2, 0) is 6.54 Å². The zero-order chi connectivity index (χ0) is 19.4. The van der Waals surface area contributed by atoms with Gasteiger partial charge in [0.25, 0.3) is 0 Å². The number of thioether (sulfide) groups is 1. The van der Waals surface area contributed by atoms with Crippen molar-refractivity contribution in [2.45, 2.75) is 18.6 Å². The minimum absolute atomic E-state index is 0.0158. The van der Waals surface area contributed by atoms with Crippen LogP contribution in [0.4, 0.5) is 0 Å². The molecule has 0 bridgehead atoms. The number of ether oxygens (including phenoxy) is 1. The van der Waals surface area contributed by atoms with Gasteiger partial charge in [0.2, 0.25) is 0 Å². The van der Waals surface area contributed by atoms with Crippen molar-refractivity contribution in [3.63, 3.8) is 0 Å². The Morgan fingerprint density at radius 2 is 1.96 bits per heavy atom. The molecule has 0 unspecified atom stereocenters. The molecule has 0 radical (unpaired) electrons. The molecule has 3 rings (SSSR count). The van der Waals surface area contributed by atoms with Crippen LogP contribution in [0.2, 0.25) is 5.02 Å². The van der Waals surface area contributed by atoms with E-state index in [0.29, 0.717) is 28.0 Å². The Bertz CT molecular complexity index is 960. The van der Waals surface area contributed by atoms with Crippen LogP contribution in [0.25, 0.3) is 11.4 Å². The molecule has 140 valence electrons. The number of methoxy groups -OCH3 is 1. The maximum Gasteiger partial charge on any atom is 0.191 e. The number of hydrogen-bond donors (Lipinski definition) is 0. The van der Waals surface area contributed by atoms with Gasteiger partial charge in [-0.3, -0.25) is 4.79 Å². The molecule has 5 nitrogen and oxygen atoms in total. The predicted molar refractivity (Wildman–Crippen MR) is 112 cm³/mol. The van der Waals surface area contributed by atoms with Gasteiger partial charge < -0.3 is 9.30 Å². The lowest BCUT2D eigenvalue weighted by Crippen LogP contribution is -2.05. The second kappa shape index (κ2) is 8.91. The number of rotatable bonds is 7. The smallest absolute Gasteiger partial charge is 0.191 e. The van der Waals surface area contributed by atoms with Crippen molar-refractivity contribution in [3.05, 3.63) is 57.5 Å². The maximum absolute atomic E-state index is 12.5. The molecule has 3 aromatic rings. The van der Waals surface area contributed by atoms with Gasteiger partial charge in [-0.2, -0.15) is 0 Å². The summed E-state index contributed by atoms with van der Waals surface area (Å²) < 4.78 is 7.94. The van der Waals surface area contributed by atoms with Gasteiger partial charge in [-0.05, 0) is 65.3 Å². The number of benzene rings is 2. The van der Waals surface area contributed by atoms with Crippen molar-refractivity contribution >= 4 is 45.1 Å². The number of Topliss-reactive ketones (excluding diaryl/α,β-unsaturated/α-hetero) is 1. The minimum Gasteiger partial charge on any atom is -0.496 e. The van der Waals surface area contributed by atoms with E-state index in [9.17, 15) is 4.79 Å². The molecular weight excluding hydrogens is 450 g/mol. The Labute approximate surface area is 175 Å². The van der Waals surface area contributed by atoms with Crippen LogP contribution in [0, 0.1) is 0 Å². The first kappa shape index (κ1) is 19.9. The summed E-state index contributed by atoms with van der Waals surface area (Å²) in [7, 11) is 1.59. The van der Waals surface area contributed by atoms with Gasteiger partial charge in [-0.1, -0.05) is 23.4 Å². The molecular formula is C19H17BrClN3O2S. The van der Waals surface area contributed by atoms with E-state index in [1.54, 1.807) is 25.3 Å². The molecule has 0 saturated carbocycles. The summed E-state index contributed by atoms with van der Waals surface area (Å²) in [5.74, 6) is 1.74. The van der Waals surface area contributed by atoms with Gasteiger partial charge in [0.05, 0.1) is 17.3 Å². The van der Waals surface area contributed by atoms with Crippen LogP contribution in [0.1, 0.15) is 17.3 Å². The molecule has 8 heteroatoms. The van der Waals surface area contributed by atoms with Gasteiger partial charge in [0.1, 0.15) is 5.75 Å². The zero-order valence-corrected chi connectivity index (χ0v) is 17.9. The molecule has 1 aromatic heterocycles. The lowest BCUT2D eigenvalue weighted by Gasteiger charge is -2.08. The SMILES string of the molecule is CCn1c(SCC(=O)c2ccc(OC)c(Br)c2)nnc1-c1ccc(Cl)cc1.